The quantitative estimate of drug-likeness (QED) is 0.284. The molecule has 0 spiro atoms. The third-order valence-electron chi connectivity index (χ3n) is 4.13. The highest BCUT2D eigenvalue weighted by atomic mass is 127. The van der Waals surface area contributed by atoms with Gasteiger partial charge in [-0.05, 0) is 49.2 Å². The van der Waals surface area contributed by atoms with Crippen molar-refractivity contribution in [1.82, 2.24) is 4.98 Å². The monoisotopic (exact) mass is 482 g/mol. The molecule has 1 fully saturated rings. The molecule has 0 saturated heterocycles. The van der Waals surface area contributed by atoms with E-state index in [0.717, 1.165) is 35.7 Å². The van der Waals surface area contributed by atoms with E-state index >= 15 is 0 Å². The summed E-state index contributed by atoms with van der Waals surface area (Å²) < 4.78 is 9.95. The number of halogens is 1. The van der Waals surface area contributed by atoms with Gasteiger partial charge in [0.1, 0.15) is 5.75 Å². The number of anilines is 1. The number of carbonyl (C=O) groups excluding carboxylic acids is 1. The number of carbonyl (C=O) groups is 1. The summed E-state index contributed by atoms with van der Waals surface area (Å²) in [5.74, 6) is 1.05. The van der Waals surface area contributed by atoms with Crippen LogP contribution in [-0.4, -0.2) is 31.1 Å². The van der Waals surface area contributed by atoms with E-state index in [0.29, 0.717) is 24.0 Å². The van der Waals surface area contributed by atoms with Crippen LogP contribution in [0.3, 0.4) is 0 Å². The molecule has 1 aromatic heterocycles. The Labute approximate surface area is 175 Å². The van der Waals surface area contributed by atoms with Crippen molar-refractivity contribution < 1.29 is 14.3 Å². The lowest BCUT2D eigenvalue weighted by atomic mass is 10.1. The van der Waals surface area contributed by atoms with Crippen molar-refractivity contribution in [1.29, 1.82) is 0 Å². The highest BCUT2D eigenvalue weighted by molar-refractivity contribution is 14.0. The molecular formula is C19H23IN4O3. The van der Waals surface area contributed by atoms with Gasteiger partial charge in [-0.15, -0.1) is 24.0 Å². The van der Waals surface area contributed by atoms with Gasteiger partial charge in [0.2, 0.25) is 0 Å². The summed E-state index contributed by atoms with van der Waals surface area (Å²) in [7, 11) is 3.00. The van der Waals surface area contributed by atoms with Gasteiger partial charge in [0, 0.05) is 11.6 Å². The second-order valence-electron chi connectivity index (χ2n) is 6.06. The number of hydrogen-bond donors (Lipinski definition) is 2. The summed E-state index contributed by atoms with van der Waals surface area (Å²) in [6.07, 6.45) is 2.09. The average molecular weight is 482 g/mol. The van der Waals surface area contributed by atoms with Crippen LogP contribution < -0.4 is 15.8 Å². The molecule has 3 N–H and O–H groups in total. The number of guanidine groups is 1. The van der Waals surface area contributed by atoms with Crippen molar-refractivity contribution >= 4 is 41.6 Å². The summed E-state index contributed by atoms with van der Waals surface area (Å²) in [5, 5.41) is 3.02. The first-order valence-electron chi connectivity index (χ1n) is 8.40. The molecule has 1 aliphatic rings. The van der Waals surface area contributed by atoms with Gasteiger partial charge < -0.3 is 20.5 Å². The van der Waals surface area contributed by atoms with Crippen LogP contribution in [0.4, 0.5) is 5.69 Å². The van der Waals surface area contributed by atoms with Gasteiger partial charge in [-0.3, -0.25) is 4.98 Å². The van der Waals surface area contributed by atoms with E-state index < -0.39 is 0 Å². The number of nitrogens with two attached hydrogens (primary N) is 1. The maximum atomic E-state index is 11.9. The molecule has 0 amide bonds. The molecule has 1 aliphatic carbocycles. The van der Waals surface area contributed by atoms with Crippen LogP contribution in [0.1, 0.15) is 40.5 Å². The lowest BCUT2D eigenvalue weighted by Crippen LogP contribution is -2.22. The first kappa shape index (κ1) is 20.9. The molecule has 3 rings (SSSR count). The summed E-state index contributed by atoms with van der Waals surface area (Å²) in [6.45, 7) is 0.330. The van der Waals surface area contributed by atoms with Crippen LogP contribution in [0.5, 0.6) is 5.75 Å². The molecule has 1 heterocycles. The summed E-state index contributed by atoms with van der Waals surface area (Å²) in [5.41, 5.74) is 8.85. The predicted molar refractivity (Wildman–Crippen MR) is 115 cm³/mol. The Bertz CT molecular complexity index is 820. The standard InChI is InChI=1S/C19H22N4O3.HI/c1-25-15-8-5-13(6-9-15)23-19(20)21-11-14-7-10-16(18(24)26-2)17(22-14)12-3-4-12;/h5-10,12H,3-4,11H2,1-2H3,(H3,20,21,23);1H. The minimum atomic E-state index is -0.352. The normalized spacial score (nSPS) is 13.5. The maximum Gasteiger partial charge on any atom is 0.339 e. The molecule has 0 bridgehead atoms. The smallest absolute Gasteiger partial charge is 0.339 e. The predicted octanol–water partition coefficient (Wildman–Crippen LogP) is 3.30. The van der Waals surface area contributed by atoms with Crippen molar-refractivity contribution in [2.75, 3.05) is 19.5 Å². The SMILES string of the molecule is COC(=O)c1ccc(CN=C(N)Nc2ccc(OC)cc2)nc1C1CC1.I. The first-order chi connectivity index (χ1) is 12.6. The molecule has 8 heteroatoms. The Hall–Kier alpha value is -2.36. The Morgan fingerprint density at radius 1 is 1.22 bits per heavy atom. The van der Waals surface area contributed by atoms with E-state index in [1.54, 1.807) is 19.2 Å². The molecule has 7 nitrogen and oxygen atoms in total. The number of aliphatic imine (C=N–C) groups is 1. The van der Waals surface area contributed by atoms with Gasteiger partial charge in [-0.25, -0.2) is 9.79 Å². The number of esters is 1. The van der Waals surface area contributed by atoms with E-state index in [1.807, 2.05) is 24.3 Å². The number of nitrogens with one attached hydrogen (secondary N) is 1. The van der Waals surface area contributed by atoms with Gasteiger partial charge in [-0.1, -0.05) is 0 Å². The second-order valence-corrected chi connectivity index (χ2v) is 6.06. The summed E-state index contributed by atoms with van der Waals surface area (Å²) >= 11 is 0. The molecule has 0 unspecified atom stereocenters. The highest BCUT2D eigenvalue weighted by Gasteiger charge is 2.30. The first-order valence-corrected chi connectivity index (χ1v) is 8.40. The van der Waals surface area contributed by atoms with Crippen molar-refractivity contribution in [3.63, 3.8) is 0 Å². The number of methoxy groups -OCH3 is 2. The van der Waals surface area contributed by atoms with E-state index in [4.69, 9.17) is 15.2 Å². The van der Waals surface area contributed by atoms with Crippen LogP contribution in [0.25, 0.3) is 0 Å². The zero-order valence-electron chi connectivity index (χ0n) is 15.3. The van der Waals surface area contributed by atoms with Crippen molar-refractivity contribution in [3.8, 4) is 5.75 Å². The van der Waals surface area contributed by atoms with Gasteiger partial charge in [0.05, 0.1) is 37.7 Å². The van der Waals surface area contributed by atoms with Crippen LogP contribution >= 0.6 is 24.0 Å². The number of rotatable bonds is 6. The Morgan fingerprint density at radius 2 is 1.93 bits per heavy atom. The number of hydrogen-bond acceptors (Lipinski definition) is 5. The van der Waals surface area contributed by atoms with Crippen molar-refractivity contribution in [2.45, 2.75) is 25.3 Å². The summed E-state index contributed by atoms with van der Waals surface area (Å²) in [6, 6.07) is 10.9. The minimum Gasteiger partial charge on any atom is -0.497 e. The van der Waals surface area contributed by atoms with Gasteiger partial charge in [0.25, 0.3) is 0 Å². The Balaban J connectivity index is 0.00000261. The maximum absolute atomic E-state index is 11.9. The number of benzene rings is 1. The molecular weight excluding hydrogens is 459 g/mol. The van der Waals surface area contributed by atoms with Gasteiger partial charge in [0.15, 0.2) is 5.96 Å². The van der Waals surface area contributed by atoms with E-state index in [2.05, 4.69) is 15.3 Å². The largest absolute Gasteiger partial charge is 0.497 e. The fraction of sp³-hybridized carbons (Fsp3) is 0.316. The van der Waals surface area contributed by atoms with Crippen LogP contribution in [0.15, 0.2) is 41.4 Å². The number of nitrogens with zero attached hydrogens (tertiary/aromatic N) is 2. The average Bonchev–Trinajstić information content (AvgIpc) is 3.51. The second kappa shape index (κ2) is 9.54. The number of pyridine rings is 1. The molecule has 2 aromatic rings. The lowest BCUT2D eigenvalue weighted by molar-refractivity contribution is 0.0598. The van der Waals surface area contributed by atoms with Crippen LogP contribution in [0, 0.1) is 0 Å². The Kier molecular flexibility index (Phi) is 7.40. The summed E-state index contributed by atoms with van der Waals surface area (Å²) in [4.78, 5) is 20.8. The van der Waals surface area contributed by atoms with Crippen LogP contribution in [0.2, 0.25) is 0 Å². The molecule has 27 heavy (non-hydrogen) atoms. The zero-order valence-corrected chi connectivity index (χ0v) is 17.6. The van der Waals surface area contributed by atoms with Crippen molar-refractivity contribution in [2.24, 2.45) is 10.7 Å². The van der Waals surface area contributed by atoms with E-state index in [9.17, 15) is 4.79 Å². The minimum absolute atomic E-state index is 0. The molecule has 0 radical (unpaired) electrons. The molecule has 0 atom stereocenters. The third kappa shape index (κ3) is 5.56. The number of ether oxygens (including phenoxy) is 2. The molecule has 1 saturated carbocycles. The Morgan fingerprint density at radius 3 is 2.52 bits per heavy atom. The molecule has 1 aromatic carbocycles. The fourth-order valence-corrected chi connectivity index (χ4v) is 2.58. The van der Waals surface area contributed by atoms with E-state index in [1.165, 1.54) is 7.11 Å². The van der Waals surface area contributed by atoms with Crippen LogP contribution in [-0.2, 0) is 11.3 Å². The number of aromatic nitrogens is 1. The molecule has 144 valence electrons. The fourth-order valence-electron chi connectivity index (χ4n) is 2.58. The third-order valence-corrected chi connectivity index (χ3v) is 4.13. The highest BCUT2D eigenvalue weighted by Crippen LogP contribution is 2.40. The van der Waals surface area contributed by atoms with Gasteiger partial charge >= 0.3 is 5.97 Å². The lowest BCUT2D eigenvalue weighted by Gasteiger charge is -2.09. The topological polar surface area (TPSA) is 98.8 Å². The van der Waals surface area contributed by atoms with Crippen molar-refractivity contribution in [3.05, 3.63) is 53.3 Å². The van der Waals surface area contributed by atoms with E-state index in [-0.39, 0.29) is 29.9 Å². The molecule has 0 aliphatic heterocycles. The zero-order chi connectivity index (χ0) is 18.5. The van der Waals surface area contributed by atoms with Gasteiger partial charge in [-0.2, -0.15) is 0 Å².